The van der Waals surface area contributed by atoms with E-state index < -0.39 is 0 Å². The SMILES string of the molecule is CC[NH+](CC(=O)Nc1cccc(C#N)c1)CC(=O)Nc1cccc(OC)c1. The summed E-state index contributed by atoms with van der Waals surface area (Å²) in [6.07, 6.45) is 0. The van der Waals surface area contributed by atoms with E-state index in [-0.39, 0.29) is 24.9 Å². The zero-order valence-electron chi connectivity index (χ0n) is 15.4. The third-order valence-corrected chi connectivity index (χ3v) is 3.95. The molecule has 0 saturated heterocycles. The van der Waals surface area contributed by atoms with Crippen molar-refractivity contribution in [2.24, 2.45) is 0 Å². The first-order valence-electron chi connectivity index (χ1n) is 8.61. The molecule has 0 bridgehead atoms. The van der Waals surface area contributed by atoms with Crippen molar-refractivity contribution in [1.29, 1.82) is 5.26 Å². The number of likely N-dealkylation sites (N-methyl/N-ethyl adjacent to an activating group) is 1. The normalized spacial score (nSPS) is 11.1. The molecule has 0 aliphatic heterocycles. The van der Waals surface area contributed by atoms with Crippen molar-refractivity contribution >= 4 is 23.2 Å². The van der Waals surface area contributed by atoms with Crippen LogP contribution in [0.5, 0.6) is 5.75 Å². The predicted octanol–water partition coefficient (Wildman–Crippen LogP) is 1.05. The zero-order valence-corrected chi connectivity index (χ0v) is 15.4. The van der Waals surface area contributed by atoms with Gasteiger partial charge in [-0.05, 0) is 37.3 Å². The fraction of sp³-hybridized carbons (Fsp3) is 0.250. The summed E-state index contributed by atoms with van der Waals surface area (Å²) in [7, 11) is 1.56. The van der Waals surface area contributed by atoms with Crippen LogP contribution in [-0.4, -0.2) is 38.6 Å². The molecule has 2 rings (SSSR count). The van der Waals surface area contributed by atoms with Crippen LogP contribution in [0.3, 0.4) is 0 Å². The second kappa shape index (κ2) is 9.94. The third-order valence-electron chi connectivity index (χ3n) is 3.95. The number of nitriles is 1. The molecule has 0 radical (unpaired) electrons. The standard InChI is InChI=1S/C20H22N4O3/c1-3-24(13-19(25)22-16-7-4-6-15(10-16)12-21)14-20(26)23-17-8-5-9-18(11-17)27-2/h4-11H,3,13-14H2,1-2H3,(H,22,25)(H,23,26)/p+1. The Kier molecular flexibility index (Phi) is 7.35. The quantitative estimate of drug-likeness (QED) is 0.650. The van der Waals surface area contributed by atoms with E-state index in [0.29, 0.717) is 29.2 Å². The fourth-order valence-electron chi connectivity index (χ4n) is 2.54. The lowest BCUT2D eigenvalue weighted by atomic mass is 10.2. The fourth-order valence-corrected chi connectivity index (χ4v) is 2.54. The number of carbonyl (C=O) groups is 2. The molecule has 0 fully saturated rings. The van der Waals surface area contributed by atoms with Crippen molar-refractivity contribution < 1.29 is 19.2 Å². The van der Waals surface area contributed by atoms with Crippen LogP contribution in [-0.2, 0) is 9.59 Å². The molecule has 3 N–H and O–H groups in total. The van der Waals surface area contributed by atoms with Gasteiger partial charge in [0, 0.05) is 17.4 Å². The summed E-state index contributed by atoms with van der Waals surface area (Å²) in [4.78, 5) is 25.3. The largest absolute Gasteiger partial charge is 0.497 e. The number of rotatable bonds is 8. The first-order valence-corrected chi connectivity index (χ1v) is 8.61. The Morgan fingerprint density at radius 1 is 1.04 bits per heavy atom. The molecular formula is C20H23N4O3+. The van der Waals surface area contributed by atoms with Crippen molar-refractivity contribution in [3.63, 3.8) is 0 Å². The van der Waals surface area contributed by atoms with Gasteiger partial charge >= 0.3 is 0 Å². The number of quaternary nitrogens is 1. The summed E-state index contributed by atoms with van der Waals surface area (Å²) >= 11 is 0. The molecule has 0 heterocycles. The highest BCUT2D eigenvalue weighted by Gasteiger charge is 2.17. The summed E-state index contributed by atoms with van der Waals surface area (Å²) in [5.74, 6) is 0.266. The molecule has 0 aliphatic rings. The van der Waals surface area contributed by atoms with Crippen LogP contribution < -0.4 is 20.3 Å². The van der Waals surface area contributed by atoms with Crippen molar-refractivity contribution in [3.05, 3.63) is 54.1 Å². The Labute approximate surface area is 158 Å². The van der Waals surface area contributed by atoms with Gasteiger partial charge in [-0.25, -0.2) is 0 Å². The summed E-state index contributed by atoms with van der Waals surface area (Å²) in [5.41, 5.74) is 1.69. The molecular weight excluding hydrogens is 344 g/mol. The number of benzene rings is 2. The van der Waals surface area contributed by atoms with Crippen LogP contribution in [0.15, 0.2) is 48.5 Å². The Balaban J connectivity index is 1.89. The molecule has 1 atom stereocenters. The highest BCUT2D eigenvalue weighted by Crippen LogP contribution is 2.16. The van der Waals surface area contributed by atoms with Gasteiger partial charge in [0.05, 0.1) is 25.3 Å². The van der Waals surface area contributed by atoms with Crippen LogP contribution in [0.4, 0.5) is 11.4 Å². The number of hydrogen-bond acceptors (Lipinski definition) is 4. The van der Waals surface area contributed by atoms with Gasteiger partial charge in [-0.1, -0.05) is 12.1 Å². The maximum absolute atomic E-state index is 12.3. The minimum Gasteiger partial charge on any atom is -0.497 e. The van der Waals surface area contributed by atoms with Crippen molar-refractivity contribution in [2.75, 3.05) is 37.4 Å². The lowest BCUT2D eigenvalue weighted by molar-refractivity contribution is -0.881. The first kappa shape index (κ1) is 19.9. The number of methoxy groups -OCH3 is 1. The maximum Gasteiger partial charge on any atom is 0.279 e. The highest BCUT2D eigenvalue weighted by atomic mass is 16.5. The molecule has 7 heteroatoms. The summed E-state index contributed by atoms with van der Waals surface area (Å²) in [6.45, 7) is 2.85. The van der Waals surface area contributed by atoms with Crippen molar-refractivity contribution in [2.45, 2.75) is 6.92 Å². The predicted molar refractivity (Wildman–Crippen MR) is 103 cm³/mol. The minimum absolute atomic E-state index is 0.152. The van der Waals surface area contributed by atoms with Gasteiger partial charge in [-0.15, -0.1) is 0 Å². The van der Waals surface area contributed by atoms with E-state index in [4.69, 9.17) is 10.00 Å². The first-order chi connectivity index (χ1) is 13.0. The maximum atomic E-state index is 12.3. The second-order valence-electron chi connectivity index (χ2n) is 5.98. The molecule has 0 aliphatic carbocycles. The Hall–Kier alpha value is -3.37. The Bertz CT molecular complexity index is 845. The van der Waals surface area contributed by atoms with Crippen molar-refractivity contribution in [1.82, 2.24) is 0 Å². The number of amides is 2. The van der Waals surface area contributed by atoms with Gasteiger partial charge in [0.15, 0.2) is 13.1 Å². The molecule has 2 aromatic carbocycles. The molecule has 2 amide bonds. The number of ether oxygens (including phenoxy) is 1. The van der Waals surface area contributed by atoms with Gasteiger partial charge in [0.25, 0.3) is 11.8 Å². The molecule has 27 heavy (non-hydrogen) atoms. The highest BCUT2D eigenvalue weighted by molar-refractivity contribution is 5.93. The van der Waals surface area contributed by atoms with E-state index in [1.165, 1.54) is 0 Å². The van der Waals surface area contributed by atoms with E-state index in [9.17, 15) is 9.59 Å². The van der Waals surface area contributed by atoms with Crippen molar-refractivity contribution in [3.8, 4) is 11.8 Å². The van der Waals surface area contributed by atoms with Crippen LogP contribution in [0.2, 0.25) is 0 Å². The van der Waals surface area contributed by atoms with Crippen LogP contribution in [0.25, 0.3) is 0 Å². The molecule has 1 unspecified atom stereocenters. The molecule has 2 aromatic rings. The average molecular weight is 367 g/mol. The summed E-state index contributed by atoms with van der Waals surface area (Å²) in [5, 5.41) is 14.5. The van der Waals surface area contributed by atoms with E-state index in [2.05, 4.69) is 10.6 Å². The van der Waals surface area contributed by atoms with Gasteiger partial charge < -0.3 is 20.3 Å². The average Bonchev–Trinajstić information content (AvgIpc) is 2.67. The molecule has 0 spiro atoms. The number of nitrogens with zero attached hydrogens (tertiary/aromatic N) is 1. The summed E-state index contributed by atoms with van der Waals surface area (Å²) in [6, 6.07) is 15.8. The molecule has 7 nitrogen and oxygen atoms in total. The number of hydrogen-bond donors (Lipinski definition) is 3. The third kappa shape index (κ3) is 6.45. The number of nitrogens with one attached hydrogen (secondary N) is 3. The van der Waals surface area contributed by atoms with Crippen LogP contribution in [0, 0.1) is 11.3 Å². The number of anilines is 2. The monoisotopic (exact) mass is 367 g/mol. The van der Waals surface area contributed by atoms with E-state index in [0.717, 1.165) is 4.90 Å². The summed E-state index contributed by atoms with van der Waals surface area (Å²) < 4.78 is 5.13. The topological polar surface area (TPSA) is 95.7 Å². The molecule has 0 aromatic heterocycles. The Morgan fingerprint density at radius 3 is 2.19 bits per heavy atom. The number of carbonyl (C=O) groups excluding carboxylic acids is 2. The zero-order chi connectivity index (χ0) is 19.6. The second-order valence-corrected chi connectivity index (χ2v) is 5.98. The van der Waals surface area contributed by atoms with E-state index in [1.807, 2.05) is 13.0 Å². The van der Waals surface area contributed by atoms with E-state index in [1.54, 1.807) is 55.6 Å². The van der Waals surface area contributed by atoms with Gasteiger partial charge in [0.2, 0.25) is 0 Å². The van der Waals surface area contributed by atoms with Crippen LogP contribution >= 0.6 is 0 Å². The van der Waals surface area contributed by atoms with Gasteiger partial charge in [-0.3, -0.25) is 9.59 Å². The van der Waals surface area contributed by atoms with E-state index >= 15 is 0 Å². The molecule has 0 saturated carbocycles. The lowest BCUT2D eigenvalue weighted by Crippen LogP contribution is -3.13. The smallest absolute Gasteiger partial charge is 0.279 e. The van der Waals surface area contributed by atoms with Gasteiger partial charge in [0.1, 0.15) is 5.75 Å². The van der Waals surface area contributed by atoms with Gasteiger partial charge in [-0.2, -0.15) is 5.26 Å². The Morgan fingerprint density at radius 2 is 1.63 bits per heavy atom. The van der Waals surface area contributed by atoms with Crippen LogP contribution in [0.1, 0.15) is 12.5 Å². The molecule has 140 valence electrons. The minimum atomic E-state index is -0.212. The lowest BCUT2D eigenvalue weighted by Gasteiger charge is -2.17.